The Kier molecular flexibility index (Phi) is 5.80. The van der Waals surface area contributed by atoms with Crippen molar-refractivity contribution >= 4 is 38.8 Å². The van der Waals surface area contributed by atoms with Crippen molar-refractivity contribution in [2.24, 2.45) is 11.5 Å². The molecule has 1 aliphatic carbocycles. The maximum Gasteiger partial charge on any atom is 0.262 e. The number of amides is 1. The lowest BCUT2D eigenvalue weighted by Gasteiger charge is -2.36. The van der Waals surface area contributed by atoms with E-state index in [1.165, 1.54) is 11.3 Å². The molecule has 8 nitrogen and oxygen atoms in total. The fourth-order valence-electron chi connectivity index (χ4n) is 5.53. The largest absolute Gasteiger partial charge is 0.398 e. The van der Waals surface area contributed by atoms with Gasteiger partial charge in [-0.25, -0.2) is 0 Å². The van der Waals surface area contributed by atoms with Gasteiger partial charge in [-0.05, 0) is 54.8 Å². The van der Waals surface area contributed by atoms with E-state index < -0.39 is 11.6 Å². The molecule has 0 bridgehead atoms. The predicted octanol–water partition coefficient (Wildman–Crippen LogP) is 2.81. The molecule has 0 radical (unpaired) electrons. The summed E-state index contributed by atoms with van der Waals surface area (Å²) in [7, 11) is 0. The second kappa shape index (κ2) is 9.04. The average molecular weight is 513 g/mol. The van der Waals surface area contributed by atoms with Gasteiger partial charge in [0.2, 0.25) is 0 Å². The lowest BCUT2D eigenvalue weighted by Crippen LogP contribution is -2.52. The second-order valence-electron chi connectivity index (χ2n) is 9.71. The third kappa shape index (κ3) is 3.74. The van der Waals surface area contributed by atoms with Crippen LogP contribution in [0.4, 0.5) is 5.69 Å². The van der Waals surface area contributed by atoms with E-state index in [0.717, 1.165) is 35.3 Å². The van der Waals surface area contributed by atoms with Gasteiger partial charge in [0.15, 0.2) is 5.78 Å². The van der Waals surface area contributed by atoms with E-state index >= 15 is 0 Å². The quantitative estimate of drug-likeness (QED) is 0.264. The second-order valence-corrected chi connectivity index (χ2v) is 10.7. The highest BCUT2D eigenvalue weighted by Crippen LogP contribution is 2.49. The van der Waals surface area contributed by atoms with Crippen LogP contribution in [0.3, 0.4) is 0 Å². The number of nitrogen functional groups attached to an aromatic ring is 1. The number of hydrogen-bond donors (Lipinski definition) is 5. The Balaban J connectivity index is 1.51. The van der Waals surface area contributed by atoms with Gasteiger partial charge in [0, 0.05) is 41.0 Å². The fraction of sp³-hybridized carbons (Fsp3) is 0.250. The smallest absolute Gasteiger partial charge is 0.262 e. The van der Waals surface area contributed by atoms with Crippen molar-refractivity contribution in [3.8, 4) is 11.3 Å². The zero-order valence-corrected chi connectivity index (χ0v) is 21.0. The summed E-state index contributed by atoms with van der Waals surface area (Å²) in [4.78, 5) is 32.3. The minimum atomic E-state index is -1.51. The number of ketones is 1. The Morgan fingerprint density at radius 3 is 2.78 bits per heavy atom. The van der Waals surface area contributed by atoms with Gasteiger partial charge in [-0.3, -0.25) is 14.6 Å². The van der Waals surface area contributed by atoms with Crippen molar-refractivity contribution in [2.75, 3.05) is 18.8 Å². The number of piperidine rings is 1. The van der Waals surface area contributed by atoms with Gasteiger partial charge in [-0.15, -0.1) is 11.3 Å². The Morgan fingerprint density at radius 2 is 2.03 bits per heavy atom. The van der Waals surface area contributed by atoms with E-state index in [2.05, 4.69) is 15.6 Å². The van der Waals surface area contributed by atoms with Crippen LogP contribution in [0.2, 0.25) is 0 Å². The SMILES string of the molecule is Nc1ccc2c3c(c(C(=O)NC4CCCNC4)sc13)C(N)C(=O)C2(N)c1cccc(-c2ccccn2)c1. The van der Waals surface area contributed by atoms with Gasteiger partial charge < -0.3 is 27.8 Å². The molecule has 0 saturated carbocycles. The highest BCUT2D eigenvalue weighted by Gasteiger charge is 2.48. The molecule has 2 aliphatic rings. The number of pyridine rings is 1. The Morgan fingerprint density at radius 1 is 1.16 bits per heavy atom. The topological polar surface area (TPSA) is 149 Å². The van der Waals surface area contributed by atoms with Gasteiger partial charge in [-0.1, -0.05) is 30.3 Å². The van der Waals surface area contributed by atoms with Crippen LogP contribution in [0.15, 0.2) is 60.8 Å². The number of nitrogens with two attached hydrogens (primary N) is 3. The minimum absolute atomic E-state index is 0.0222. The number of carbonyl (C=O) groups is 2. The lowest BCUT2D eigenvalue weighted by molar-refractivity contribution is -0.124. The zero-order chi connectivity index (χ0) is 25.7. The minimum Gasteiger partial charge on any atom is -0.398 e. The van der Waals surface area contributed by atoms with E-state index in [-0.39, 0.29) is 17.7 Å². The summed E-state index contributed by atoms with van der Waals surface area (Å²) in [5.74, 6) is -0.601. The molecule has 188 valence electrons. The molecule has 1 aliphatic heterocycles. The third-order valence-corrected chi connectivity index (χ3v) is 8.68. The van der Waals surface area contributed by atoms with Crippen LogP contribution in [0, 0.1) is 0 Å². The Bertz CT molecular complexity index is 1530. The van der Waals surface area contributed by atoms with Gasteiger partial charge in [0.1, 0.15) is 5.54 Å². The van der Waals surface area contributed by atoms with Gasteiger partial charge in [-0.2, -0.15) is 0 Å². The monoisotopic (exact) mass is 512 g/mol. The number of Topliss-reactive ketones (excluding diaryl/α,β-unsaturated/α-hetero) is 1. The molecule has 3 unspecified atom stereocenters. The first-order chi connectivity index (χ1) is 17.9. The summed E-state index contributed by atoms with van der Waals surface area (Å²) >= 11 is 1.27. The molecule has 37 heavy (non-hydrogen) atoms. The molecule has 3 atom stereocenters. The lowest BCUT2D eigenvalue weighted by atomic mass is 9.70. The highest BCUT2D eigenvalue weighted by atomic mass is 32.1. The molecule has 8 N–H and O–H groups in total. The first-order valence-corrected chi connectivity index (χ1v) is 13.2. The van der Waals surface area contributed by atoms with Crippen molar-refractivity contribution in [2.45, 2.75) is 30.5 Å². The number of aromatic nitrogens is 1. The fourth-order valence-corrected chi connectivity index (χ4v) is 6.73. The van der Waals surface area contributed by atoms with Crippen LogP contribution in [0.1, 0.15) is 45.2 Å². The van der Waals surface area contributed by atoms with Crippen molar-refractivity contribution in [3.63, 3.8) is 0 Å². The number of anilines is 1. The van der Waals surface area contributed by atoms with Crippen molar-refractivity contribution in [1.82, 2.24) is 15.6 Å². The molecule has 1 saturated heterocycles. The van der Waals surface area contributed by atoms with Crippen LogP contribution < -0.4 is 27.8 Å². The molecule has 2 aromatic carbocycles. The van der Waals surface area contributed by atoms with E-state index in [4.69, 9.17) is 17.2 Å². The van der Waals surface area contributed by atoms with E-state index in [1.807, 2.05) is 42.5 Å². The summed E-state index contributed by atoms with van der Waals surface area (Å²) in [5, 5.41) is 7.12. The standard InChI is InChI=1S/C28H28N6O2S/c29-19-10-9-18-21-22(25(37-24(19)21)27(36)34-17-7-4-11-32-14-17)23(30)26(35)28(18,31)16-6-3-5-15(13-16)20-8-1-2-12-33-20/h1-3,5-6,8-10,12-13,17,23,32H,4,7,11,14,29-31H2,(H,34,36). The molecule has 4 aromatic rings. The van der Waals surface area contributed by atoms with Crippen LogP contribution in [-0.2, 0) is 10.3 Å². The predicted molar refractivity (Wildman–Crippen MR) is 146 cm³/mol. The first kappa shape index (κ1) is 23.7. The zero-order valence-electron chi connectivity index (χ0n) is 20.2. The first-order valence-electron chi connectivity index (χ1n) is 12.4. The number of rotatable bonds is 4. The van der Waals surface area contributed by atoms with Crippen LogP contribution >= 0.6 is 11.3 Å². The normalized spacial score (nSPS) is 23.2. The number of carbonyl (C=O) groups excluding carboxylic acids is 2. The number of nitrogens with one attached hydrogen (secondary N) is 2. The summed E-state index contributed by atoms with van der Waals surface area (Å²) in [6, 6.07) is 15.7. The summed E-state index contributed by atoms with van der Waals surface area (Å²) in [6.45, 7) is 1.66. The molecule has 1 amide bonds. The molecule has 2 aromatic heterocycles. The molecule has 3 heterocycles. The maximum absolute atomic E-state index is 14.0. The third-order valence-electron chi connectivity index (χ3n) is 7.43. The molecular weight excluding hydrogens is 484 g/mol. The van der Waals surface area contributed by atoms with Crippen molar-refractivity contribution in [1.29, 1.82) is 0 Å². The number of thiophene rings is 1. The highest BCUT2D eigenvalue weighted by molar-refractivity contribution is 7.21. The van der Waals surface area contributed by atoms with Crippen molar-refractivity contribution < 1.29 is 9.59 Å². The number of benzene rings is 2. The number of hydrogen-bond acceptors (Lipinski definition) is 8. The Hall–Kier alpha value is -3.63. The average Bonchev–Trinajstić information content (AvgIpc) is 3.34. The molecule has 9 heteroatoms. The summed E-state index contributed by atoms with van der Waals surface area (Å²) < 4.78 is 0.720. The van der Waals surface area contributed by atoms with Gasteiger partial charge >= 0.3 is 0 Å². The molecular formula is C28H28N6O2S. The van der Waals surface area contributed by atoms with Crippen LogP contribution in [0.25, 0.3) is 21.3 Å². The summed E-state index contributed by atoms with van der Waals surface area (Å²) in [6.07, 6.45) is 3.61. The maximum atomic E-state index is 14.0. The molecule has 0 spiro atoms. The number of nitrogens with zero attached hydrogens (tertiary/aromatic N) is 1. The molecule has 1 fully saturated rings. The molecule has 6 rings (SSSR count). The van der Waals surface area contributed by atoms with Gasteiger partial charge in [0.05, 0.1) is 21.3 Å². The summed E-state index contributed by atoms with van der Waals surface area (Å²) in [5.41, 5.74) is 22.4. The van der Waals surface area contributed by atoms with E-state index in [1.54, 1.807) is 18.3 Å². The van der Waals surface area contributed by atoms with E-state index in [9.17, 15) is 9.59 Å². The van der Waals surface area contributed by atoms with Crippen LogP contribution in [-0.4, -0.2) is 35.8 Å². The van der Waals surface area contributed by atoms with Gasteiger partial charge in [0.25, 0.3) is 5.91 Å². The van der Waals surface area contributed by atoms with Crippen molar-refractivity contribution in [3.05, 3.63) is 82.4 Å². The Labute approximate surface area is 218 Å². The van der Waals surface area contributed by atoms with Crippen LogP contribution in [0.5, 0.6) is 0 Å². The van der Waals surface area contributed by atoms with E-state index in [0.29, 0.717) is 39.2 Å².